The molecule has 1 rings (SSSR count). The van der Waals surface area contributed by atoms with Gasteiger partial charge in [0.25, 0.3) is 20.2 Å². The molecule has 0 amide bonds. The van der Waals surface area contributed by atoms with Gasteiger partial charge in [0.15, 0.2) is 0 Å². The molecule has 11 heteroatoms. The summed E-state index contributed by atoms with van der Waals surface area (Å²) >= 11 is 0. The minimum atomic E-state index is -4.80. The molecule has 0 saturated carbocycles. The Balaban J connectivity index is 0.00000256. The molecular weight excluding hydrogens is 330 g/mol. The van der Waals surface area contributed by atoms with Gasteiger partial charge in [-0.1, -0.05) is 0 Å². The summed E-state index contributed by atoms with van der Waals surface area (Å²) in [7, 11) is -9.61. The SMILES string of the molecule is O=S(=O)(O)c1cc(O)c(S(=O)(=O)O)cc1O.[Zn]. The van der Waals surface area contributed by atoms with Gasteiger partial charge >= 0.3 is 0 Å². The van der Waals surface area contributed by atoms with E-state index in [4.69, 9.17) is 19.3 Å². The molecule has 0 aromatic heterocycles. The third-order valence-electron chi connectivity index (χ3n) is 1.60. The molecule has 0 aliphatic heterocycles. The minimum Gasteiger partial charge on any atom is -0.506 e. The first-order chi connectivity index (χ1) is 7.03. The fourth-order valence-electron chi connectivity index (χ4n) is 0.952. The van der Waals surface area contributed by atoms with Crippen LogP contribution >= 0.6 is 0 Å². The maximum Gasteiger partial charge on any atom is 0.298 e. The molecule has 0 radical (unpaired) electrons. The van der Waals surface area contributed by atoms with Gasteiger partial charge in [0.1, 0.15) is 21.3 Å². The average Bonchev–Trinajstić information content (AvgIpc) is 2.04. The van der Waals surface area contributed by atoms with Crippen LogP contribution in [0, 0.1) is 0 Å². The monoisotopic (exact) mass is 334 g/mol. The molecule has 8 nitrogen and oxygen atoms in total. The summed E-state index contributed by atoms with van der Waals surface area (Å²) in [4.78, 5) is -2.14. The molecule has 0 aliphatic carbocycles. The standard InChI is InChI=1S/C6H6O8S2.Zn/c7-3-1-5(15(9,10)11)4(8)2-6(3)16(12,13)14;/h1-2,7-8H,(H,9,10,11)(H,12,13,14);. The van der Waals surface area contributed by atoms with Crippen LogP contribution in [0.2, 0.25) is 0 Å². The van der Waals surface area contributed by atoms with Crippen LogP contribution in [0.15, 0.2) is 21.9 Å². The van der Waals surface area contributed by atoms with Gasteiger partial charge in [0.2, 0.25) is 0 Å². The van der Waals surface area contributed by atoms with E-state index in [2.05, 4.69) is 0 Å². The molecule has 4 N–H and O–H groups in total. The van der Waals surface area contributed by atoms with Crippen LogP contribution in [0.25, 0.3) is 0 Å². The normalized spacial score (nSPS) is 11.9. The summed E-state index contributed by atoms with van der Waals surface area (Å²) < 4.78 is 59.7. The van der Waals surface area contributed by atoms with Crippen molar-refractivity contribution in [3.05, 3.63) is 12.1 Å². The zero-order valence-electron chi connectivity index (χ0n) is 8.10. The number of aromatic hydroxyl groups is 2. The molecule has 0 atom stereocenters. The Hall–Kier alpha value is -0.737. The first-order valence-electron chi connectivity index (χ1n) is 3.54. The van der Waals surface area contributed by atoms with Crippen LogP contribution in [0.3, 0.4) is 0 Å². The van der Waals surface area contributed by atoms with E-state index in [9.17, 15) is 16.8 Å². The van der Waals surface area contributed by atoms with Crippen molar-refractivity contribution >= 4 is 20.2 Å². The van der Waals surface area contributed by atoms with Crippen molar-refractivity contribution in [2.45, 2.75) is 9.79 Å². The van der Waals surface area contributed by atoms with E-state index < -0.39 is 41.5 Å². The number of phenols is 2. The summed E-state index contributed by atoms with van der Waals surface area (Å²) in [6, 6.07) is 0.599. The fraction of sp³-hybridized carbons (Fsp3) is 0. The van der Waals surface area contributed by atoms with Crippen LogP contribution in [0.5, 0.6) is 11.5 Å². The van der Waals surface area contributed by atoms with Gasteiger partial charge in [-0.05, 0) is 0 Å². The molecule has 0 unspecified atom stereocenters. The van der Waals surface area contributed by atoms with Crippen LogP contribution in [-0.4, -0.2) is 36.2 Å². The largest absolute Gasteiger partial charge is 0.506 e. The quantitative estimate of drug-likeness (QED) is 0.323. The summed E-state index contributed by atoms with van der Waals surface area (Å²) in [5.74, 6) is -2.24. The molecule has 1 aromatic carbocycles. The smallest absolute Gasteiger partial charge is 0.298 e. The van der Waals surface area contributed by atoms with Crippen molar-refractivity contribution in [3.63, 3.8) is 0 Å². The number of hydrogen-bond donors (Lipinski definition) is 4. The molecule has 0 aliphatic rings. The van der Waals surface area contributed by atoms with Gasteiger partial charge in [-0.15, -0.1) is 0 Å². The van der Waals surface area contributed by atoms with Gasteiger partial charge in [0, 0.05) is 31.6 Å². The topological polar surface area (TPSA) is 149 Å². The molecule has 0 saturated heterocycles. The van der Waals surface area contributed by atoms with Crippen LogP contribution in [-0.2, 0) is 39.7 Å². The van der Waals surface area contributed by atoms with E-state index in [0.717, 1.165) is 0 Å². The molecule has 0 heterocycles. The average molecular weight is 336 g/mol. The van der Waals surface area contributed by atoms with E-state index in [1.54, 1.807) is 0 Å². The van der Waals surface area contributed by atoms with E-state index in [1.807, 2.05) is 0 Å². The second kappa shape index (κ2) is 4.87. The number of benzene rings is 1. The molecule has 92 valence electrons. The molecule has 17 heavy (non-hydrogen) atoms. The van der Waals surface area contributed by atoms with Crippen LogP contribution in [0.1, 0.15) is 0 Å². The molecular formula is C6H6O8S2Zn. The van der Waals surface area contributed by atoms with Gasteiger partial charge in [0.05, 0.1) is 0 Å². The second-order valence-electron chi connectivity index (χ2n) is 2.74. The maximum absolute atomic E-state index is 10.6. The van der Waals surface area contributed by atoms with Crippen molar-refractivity contribution in [1.82, 2.24) is 0 Å². The Bertz CT molecular complexity index is 574. The number of rotatable bonds is 2. The van der Waals surface area contributed by atoms with Crippen molar-refractivity contribution in [2.24, 2.45) is 0 Å². The number of phenolic OH excluding ortho intramolecular Hbond substituents is 2. The Morgan fingerprint density at radius 3 is 1.18 bits per heavy atom. The van der Waals surface area contributed by atoms with E-state index >= 15 is 0 Å². The Kier molecular flexibility index (Phi) is 4.65. The zero-order valence-corrected chi connectivity index (χ0v) is 12.7. The summed E-state index contributed by atoms with van der Waals surface area (Å²) in [5, 5.41) is 18.2. The van der Waals surface area contributed by atoms with Crippen molar-refractivity contribution in [2.75, 3.05) is 0 Å². The molecule has 0 spiro atoms. The third-order valence-corrected chi connectivity index (χ3v) is 3.36. The van der Waals surface area contributed by atoms with Crippen molar-refractivity contribution in [1.29, 1.82) is 0 Å². The van der Waals surface area contributed by atoms with Crippen LogP contribution in [0.4, 0.5) is 0 Å². The molecule has 0 bridgehead atoms. The third kappa shape index (κ3) is 3.61. The Labute approximate surface area is 109 Å². The first-order valence-corrected chi connectivity index (χ1v) is 6.42. The summed E-state index contributed by atoms with van der Waals surface area (Å²) in [6.07, 6.45) is 0. The Morgan fingerprint density at radius 1 is 0.765 bits per heavy atom. The fourth-order valence-corrected chi connectivity index (χ4v) is 2.12. The van der Waals surface area contributed by atoms with E-state index in [1.165, 1.54) is 0 Å². The summed E-state index contributed by atoms with van der Waals surface area (Å²) in [5.41, 5.74) is 0. The van der Waals surface area contributed by atoms with Gasteiger partial charge in [-0.2, -0.15) is 16.8 Å². The van der Waals surface area contributed by atoms with E-state index in [-0.39, 0.29) is 19.5 Å². The maximum atomic E-state index is 10.6. The van der Waals surface area contributed by atoms with Gasteiger partial charge < -0.3 is 10.2 Å². The van der Waals surface area contributed by atoms with Crippen molar-refractivity contribution < 1.29 is 55.6 Å². The van der Waals surface area contributed by atoms with Gasteiger partial charge in [-0.3, -0.25) is 9.11 Å². The van der Waals surface area contributed by atoms with Crippen LogP contribution < -0.4 is 0 Å². The Morgan fingerprint density at radius 2 is 1.00 bits per heavy atom. The van der Waals surface area contributed by atoms with Crippen molar-refractivity contribution in [3.8, 4) is 11.5 Å². The number of hydrogen-bond acceptors (Lipinski definition) is 6. The van der Waals surface area contributed by atoms with Gasteiger partial charge in [-0.25, -0.2) is 0 Å². The summed E-state index contributed by atoms with van der Waals surface area (Å²) in [6.45, 7) is 0. The first kappa shape index (κ1) is 16.3. The predicted molar refractivity (Wildman–Crippen MR) is 49.4 cm³/mol. The van der Waals surface area contributed by atoms with E-state index in [0.29, 0.717) is 12.1 Å². The molecule has 1 aromatic rings. The predicted octanol–water partition coefficient (Wildman–Crippen LogP) is -0.411. The minimum absolute atomic E-state index is 0. The second-order valence-corrected chi connectivity index (χ2v) is 5.52. The zero-order chi connectivity index (χ0) is 12.7. The molecule has 0 fully saturated rings.